The van der Waals surface area contributed by atoms with Gasteiger partial charge in [0.15, 0.2) is 6.10 Å². The maximum atomic E-state index is 11.5. The topological polar surface area (TPSA) is 65.7 Å². The summed E-state index contributed by atoms with van der Waals surface area (Å²) in [5.41, 5.74) is 2.20. The van der Waals surface area contributed by atoms with Gasteiger partial charge in [0.05, 0.1) is 18.5 Å². The Bertz CT molecular complexity index is 670. The van der Waals surface area contributed by atoms with Crippen LogP contribution < -0.4 is 10.2 Å². The lowest BCUT2D eigenvalue weighted by atomic mass is 10.1. The molecule has 1 aromatic carbocycles. The van der Waals surface area contributed by atoms with Gasteiger partial charge in [0.2, 0.25) is 0 Å². The van der Waals surface area contributed by atoms with Gasteiger partial charge < -0.3 is 19.7 Å². The predicted molar refractivity (Wildman–Crippen MR) is 83.2 cm³/mol. The predicted octanol–water partition coefficient (Wildman–Crippen LogP) is 3.05. The molecule has 0 saturated heterocycles. The van der Waals surface area contributed by atoms with Gasteiger partial charge in [-0.15, -0.1) is 0 Å². The Balaban J connectivity index is 1.94. The zero-order valence-electron chi connectivity index (χ0n) is 11.5. The van der Waals surface area contributed by atoms with E-state index in [0.29, 0.717) is 17.8 Å². The molecule has 1 unspecified atom stereocenters. The van der Waals surface area contributed by atoms with Crippen molar-refractivity contribution in [2.75, 3.05) is 16.8 Å². The summed E-state index contributed by atoms with van der Waals surface area (Å²) in [6.45, 7) is 3.47. The number of furan rings is 1. The number of hydrogen-bond acceptors (Lipinski definition) is 4. The van der Waals surface area contributed by atoms with Gasteiger partial charge in [-0.25, -0.2) is 0 Å². The fourth-order valence-corrected chi connectivity index (χ4v) is 3.07. The van der Waals surface area contributed by atoms with Crippen LogP contribution in [-0.2, 0) is 11.3 Å². The van der Waals surface area contributed by atoms with Gasteiger partial charge in [0, 0.05) is 22.3 Å². The lowest BCUT2D eigenvalue weighted by Gasteiger charge is -2.24. The third-order valence-electron chi connectivity index (χ3n) is 3.57. The van der Waals surface area contributed by atoms with Crippen molar-refractivity contribution in [3.8, 4) is 0 Å². The number of halogens is 1. The highest BCUT2D eigenvalue weighted by Gasteiger charge is 2.30. The summed E-state index contributed by atoms with van der Waals surface area (Å²) in [5.74, 6) is 0.483. The molecule has 5 nitrogen and oxygen atoms in total. The first kappa shape index (κ1) is 14.2. The Morgan fingerprint density at radius 1 is 1.48 bits per heavy atom. The SMILES string of the molecule is CCN(Cc1ccco1)c1cc2c(cc1Br)C(O)C(=O)N2. The van der Waals surface area contributed by atoms with Crippen LogP contribution in [0.5, 0.6) is 0 Å². The molecule has 1 amide bonds. The molecule has 1 aliphatic rings. The van der Waals surface area contributed by atoms with E-state index in [-0.39, 0.29) is 5.91 Å². The van der Waals surface area contributed by atoms with Crippen molar-refractivity contribution in [3.63, 3.8) is 0 Å². The first-order chi connectivity index (χ1) is 10.1. The van der Waals surface area contributed by atoms with Gasteiger partial charge in [-0.2, -0.15) is 0 Å². The molecular formula is C15H15BrN2O3. The van der Waals surface area contributed by atoms with Crippen molar-refractivity contribution in [2.45, 2.75) is 19.6 Å². The first-order valence-electron chi connectivity index (χ1n) is 6.70. The molecule has 6 heteroatoms. The molecule has 3 rings (SSSR count). The molecule has 110 valence electrons. The van der Waals surface area contributed by atoms with E-state index in [2.05, 4.69) is 33.1 Å². The van der Waals surface area contributed by atoms with E-state index in [9.17, 15) is 9.90 Å². The minimum atomic E-state index is -1.09. The number of nitrogens with zero attached hydrogens (tertiary/aromatic N) is 1. The normalized spacial score (nSPS) is 16.7. The summed E-state index contributed by atoms with van der Waals surface area (Å²) < 4.78 is 6.23. The smallest absolute Gasteiger partial charge is 0.257 e. The van der Waals surface area contributed by atoms with Crippen LogP contribution in [0.25, 0.3) is 0 Å². The molecule has 0 bridgehead atoms. The van der Waals surface area contributed by atoms with Crippen LogP contribution in [0.15, 0.2) is 39.4 Å². The molecule has 1 atom stereocenters. The van der Waals surface area contributed by atoms with E-state index < -0.39 is 6.10 Å². The second-order valence-corrected chi connectivity index (χ2v) is 5.73. The van der Waals surface area contributed by atoms with Gasteiger partial charge in [0.25, 0.3) is 5.91 Å². The Morgan fingerprint density at radius 3 is 2.95 bits per heavy atom. The molecule has 2 aromatic rings. The number of amides is 1. The highest BCUT2D eigenvalue weighted by atomic mass is 79.9. The summed E-state index contributed by atoms with van der Waals surface area (Å²) in [6.07, 6.45) is 0.558. The van der Waals surface area contributed by atoms with Crippen LogP contribution in [0, 0.1) is 0 Å². The first-order valence-corrected chi connectivity index (χ1v) is 7.49. The number of nitrogens with one attached hydrogen (secondary N) is 1. The van der Waals surface area contributed by atoms with Crippen molar-refractivity contribution in [1.29, 1.82) is 0 Å². The third kappa shape index (κ3) is 2.56. The maximum Gasteiger partial charge on any atom is 0.257 e. The molecule has 21 heavy (non-hydrogen) atoms. The molecule has 0 spiro atoms. The molecule has 0 fully saturated rings. The Kier molecular flexibility index (Phi) is 3.73. The van der Waals surface area contributed by atoms with Crippen LogP contribution in [0.1, 0.15) is 24.4 Å². The van der Waals surface area contributed by atoms with Gasteiger partial charge >= 0.3 is 0 Å². The number of anilines is 2. The molecule has 1 aliphatic heterocycles. The van der Waals surface area contributed by atoms with E-state index in [1.54, 1.807) is 12.3 Å². The fraction of sp³-hybridized carbons (Fsp3) is 0.267. The van der Waals surface area contributed by atoms with Crippen LogP contribution in [0.2, 0.25) is 0 Å². The van der Waals surface area contributed by atoms with Crippen LogP contribution in [0.4, 0.5) is 11.4 Å². The monoisotopic (exact) mass is 350 g/mol. The number of carbonyl (C=O) groups is 1. The molecular weight excluding hydrogens is 336 g/mol. The zero-order valence-corrected chi connectivity index (χ0v) is 13.1. The number of fused-ring (bicyclic) bond motifs is 1. The maximum absolute atomic E-state index is 11.5. The minimum Gasteiger partial charge on any atom is -0.467 e. The van der Waals surface area contributed by atoms with Crippen molar-refractivity contribution >= 4 is 33.2 Å². The molecule has 2 heterocycles. The lowest BCUT2D eigenvalue weighted by molar-refractivity contribution is -0.123. The Labute approximate surface area is 130 Å². The number of rotatable bonds is 4. The number of aliphatic hydroxyl groups is 1. The second-order valence-electron chi connectivity index (χ2n) is 4.88. The van der Waals surface area contributed by atoms with E-state index >= 15 is 0 Å². The summed E-state index contributed by atoms with van der Waals surface area (Å²) >= 11 is 3.52. The number of carbonyl (C=O) groups excluding carboxylic acids is 1. The average molecular weight is 351 g/mol. The largest absolute Gasteiger partial charge is 0.467 e. The van der Waals surface area contributed by atoms with Crippen molar-refractivity contribution < 1.29 is 14.3 Å². The summed E-state index contributed by atoms with van der Waals surface area (Å²) in [6, 6.07) is 7.45. The standard InChI is InChI=1S/C15H15BrN2O3/c1-2-18(8-9-4-3-5-21-9)13-7-12-10(6-11(13)16)14(19)15(20)17-12/h3-7,14,19H,2,8H2,1H3,(H,17,20). The molecule has 1 aromatic heterocycles. The third-order valence-corrected chi connectivity index (χ3v) is 4.20. The zero-order chi connectivity index (χ0) is 15.0. The van der Waals surface area contributed by atoms with Gasteiger partial charge in [0.1, 0.15) is 5.76 Å². The summed E-state index contributed by atoms with van der Waals surface area (Å²) in [7, 11) is 0. The van der Waals surface area contributed by atoms with Crippen molar-refractivity contribution in [3.05, 3.63) is 46.3 Å². The highest BCUT2D eigenvalue weighted by Crippen LogP contribution is 2.39. The van der Waals surface area contributed by atoms with E-state index in [1.165, 1.54) is 0 Å². The molecule has 0 radical (unpaired) electrons. The van der Waals surface area contributed by atoms with Crippen LogP contribution >= 0.6 is 15.9 Å². The fourth-order valence-electron chi connectivity index (χ4n) is 2.45. The van der Waals surface area contributed by atoms with E-state index in [4.69, 9.17) is 4.42 Å². The molecule has 2 N–H and O–H groups in total. The molecule has 0 saturated carbocycles. The highest BCUT2D eigenvalue weighted by molar-refractivity contribution is 9.10. The summed E-state index contributed by atoms with van der Waals surface area (Å²) in [5, 5.41) is 12.5. The van der Waals surface area contributed by atoms with Gasteiger partial charge in [-0.1, -0.05) is 0 Å². The van der Waals surface area contributed by atoms with E-state index in [1.807, 2.05) is 18.2 Å². The quantitative estimate of drug-likeness (QED) is 0.889. The van der Waals surface area contributed by atoms with Gasteiger partial charge in [-0.3, -0.25) is 4.79 Å². The van der Waals surface area contributed by atoms with Crippen LogP contribution in [0.3, 0.4) is 0 Å². The second kappa shape index (κ2) is 5.54. The number of benzene rings is 1. The number of hydrogen-bond donors (Lipinski definition) is 2. The number of aliphatic hydroxyl groups excluding tert-OH is 1. The van der Waals surface area contributed by atoms with Gasteiger partial charge in [-0.05, 0) is 47.1 Å². The Hall–Kier alpha value is -1.79. The van der Waals surface area contributed by atoms with Crippen molar-refractivity contribution in [2.24, 2.45) is 0 Å². The van der Waals surface area contributed by atoms with E-state index in [0.717, 1.165) is 22.5 Å². The average Bonchev–Trinajstić information content (AvgIpc) is 3.06. The Morgan fingerprint density at radius 2 is 2.29 bits per heavy atom. The minimum absolute atomic E-state index is 0.386. The van der Waals surface area contributed by atoms with Crippen LogP contribution in [-0.4, -0.2) is 17.6 Å². The summed E-state index contributed by atoms with van der Waals surface area (Å²) in [4.78, 5) is 13.7. The molecule has 0 aliphatic carbocycles. The van der Waals surface area contributed by atoms with Crippen molar-refractivity contribution in [1.82, 2.24) is 0 Å². The lowest BCUT2D eigenvalue weighted by Crippen LogP contribution is -2.22.